The number of halogens is 2. The van der Waals surface area contributed by atoms with Crippen molar-refractivity contribution in [3.05, 3.63) is 0 Å². The van der Waals surface area contributed by atoms with E-state index in [4.69, 9.17) is 0 Å². The molecule has 0 aliphatic carbocycles. The van der Waals surface area contributed by atoms with Crippen molar-refractivity contribution >= 4 is 0 Å². The molecule has 0 aromatic rings. The Labute approximate surface area is 61.6 Å². The van der Waals surface area contributed by atoms with E-state index < -0.39 is 6.43 Å². The van der Waals surface area contributed by atoms with Crippen molar-refractivity contribution in [2.24, 2.45) is 5.92 Å². The molecule has 0 aliphatic heterocycles. The highest BCUT2D eigenvalue weighted by molar-refractivity contribution is 4.59. The second-order valence-electron chi connectivity index (χ2n) is 2.67. The molecule has 0 saturated heterocycles. The van der Waals surface area contributed by atoms with Gasteiger partial charge in [0.05, 0.1) is 0 Å². The molecule has 62 valence electrons. The zero-order valence-corrected chi connectivity index (χ0v) is 6.74. The van der Waals surface area contributed by atoms with Crippen LogP contribution in [0.5, 0.6) is 0 Å². The highest BCUT2D eigenvalue weighted by Crippen LogP contribution is 2.20. The summed E-state index contributed by atoms with van der Waals surface area (Å²) in [5.41, 5.74) is 0. The third kappa shape index (κ3) is 3.80. The van der Waals surface area contributed by atoms with E-state index in [9.17, 15) is 8.78 Å². The van der Waals surface area contributed by atoms with Gasteiger partial charge in [-0.25, -0.2) is 8.78 Å². The molecule has 10 heavy (non-hydrogen) atoms. The summed E-state index contributed by atoms with van der Waals surface area (Å²) in [4.78, 5) is 0. The average Bonchev–Trinajstić information content (AvgIpc) is 1.87. The number of alkyl halides is 2. The first-order valence-corrected chi connectivity index (χ1v) is 4.00. The summed E-state index contributed by atoms with van der Waals surface area (Å²) in [6.07, 6.45) is 0.973. The minimum absolute atomic E-state index is 0.352. The molecule has 0 aliphatic rings. The summed E-state index contributed by atoms with van der Waals surface area (Å²) < 4.78 is 24.1. The third-order valence-electron chi connectivity index (χ3n) is 1.68. The van der Waals surface area contributed by atoms with Crippen molar-refractivity contribution < 1.29 is 8.78 Å². The Hall–Kier alpha value is -0.140. The molecule has 0 N–H and O–H groups in total. The summed E-state index contributed by atoms with van der Waals surface area (Å²) in [6, 6.07) is 0. The van der Waals surface area contributed by atoms with Gasteiger partial charge in [0.15, 0.2) is 0 Å². The van der Waals surface area contributed by atoms with Gasteiger partial charge in [-0.3, -0.25) is 0 Å². The molecular formula is C8H16F2. The maximum atomic E-state index is 12.1. The zero-order valence-electron chi connectivity index (χ0n) is 6.74. The van der Waals surface area contributed by atoms with Gasteiger partial charge in [0.2, 0.25) is 6.43 Å². The van der Waals surface area contributed by atoms with Crippen LogP contribution in [0.4, 0.5) is 8.78 Å². The first kappa shape index (κ1) is 9.86. The van der Waals surface area contributed by atoms with Gasteiger partial charge in [0, 0.05) is 5.92 Å². The molecule has 0 amide bonds. The Balaban J connectivity index is 3.50. The summed E-state index contributed by atoms with van der Waals surface area (Å²) in [5.74, 6) is -0.352. The fourth-order valence-corrected chi connectivity index (χ4v) is 1.14. The topological polar surface area (TPSA) is 0 Å². The lowest BCUT2D eigenvalue weighted by molar-refractivity contribution is 0.0667. The predicted octanol–water partition coefficient (Wildman–Crippen LogP) is 3.47. The van der Waals surface area contributed by atoms with E-state index in [1.807, 2.05) is 13.8 Å². The first-order chi connectivity index (χ1) is 4.72. The lowest BCUT2D eigenvalue weighted by atomic mass is 9.99. The molecule has 0 aromatic carbocycles. The van der Waals surface area contributed by atoms with Gasteiger partial charge in [-0.1, -0.05) is 26.7 Å². The normalized spacial score (nSPS) is 11.4. The van der Waals surface area contributed by atoms with Crippen LogP contribution in [0, 0.1) is 5.92 Å². The molecule has 0 unspecified atom stereocenters. The molecular weight excluding hydrogens is 134 g/mol. The molecule has 0 fully saturated rings. The smallest absolute Gasteiger partial charge is 0.210 e. The molecule has 0 atom stereocenters. The van der Waals surface area contributed by atoms with Gasteiger partial charge in [0.1, 0.15) is 0 Å². The second-order valence-corrected chi connectivity index (χ2v) is 2.67. The van der Waals surface area contributed by atoms with Crippen molar-refractivity contribution in [3.63, 3.8) is 0 Å². The predicted molar refractivity (Wildman–Crippen MR) is 39.3 cm³/mol. The Morgan fingerprint density at radius 2 is 1.40 bits per heavy atom. The van der Waals surface area contributed by atoms with Gasteiger partial charge in [-0.05, 0) is 12.8 Å². The first-order valence-electron chi connectivity index (χ1n) is 4.00. The van der Waals surface area contributed by atoms with Crippen molar-refractivity contribution in [2.45, 2.75) is 46.0 Å². The van der Waals surface area contributed by atoms with E-state index in [2.05, 4.69) is 0 Å². The maximum absolute atomic E-state index is 12.1. The van der Waals surface area contributed by atoms with Gasteiger partial charge in [0.25, 0.3) is 0 Å². The van der Waals surface area contributed by atoms with E-state index in [0.717, 1.165) is 12.8 Å². The average molecular weight is 150 g/mol. The Morgan fingerprint density at radius 1 is 1.00 bits per heavy atom. The molecule has 0 heterocycles. The van der Waals surface area contributed by atoms with Crippen LogP contribution in [0.3, 0.4) is 0 Å². The lowest BCUT2D eigenvalue weighted by Crippen LogP contribution is -2.10. The van der Waals surface area contributed by atoms with Crippen LogP contribution in [0.1, 0.15) is 39.5 Å². The van der Waals surface area contributed by atoms with Crippen LogP contribution in [-0.4, -0.2) is 6.43 Å². The van der Waals surface area contributed by atoms with E-state index in [0.29, 0.717) is 12.8 Å². The Morgan fingerprint density at radius 3 is 1.60 bits per heavy atom. The molecule has 0 nitrogen and oxygen atoms in total. The van der Waals surface area contributed by atoms with Gasteiger partial charge < -0.3 is 0 Å². The molecule has 0 radical (unpaired) electrons. The summed E-state index contributed by atoms with van der Waals surface area (Å²) in [7, 11) is 0. The standard InChI is InChI=1S/C8H16F2/c1-3-5-7(6-4-2)8(9)10/h7-8H,3-6H2,1-2H3. The molecule has 2 heteroatoms. The Kier molecular flexibility index (Phi) is 5.55. The summed E-state index contributed by atoms with van der Waals surface area (Å²) in [5, 5.41) is 0. The van der Waals surface area contributed by atoms with Crippen molar-refractivity contribution in [1.29, 1.82) is 0 Å². The van der Waals surface area contributed by atoms with E-state index in [1.54, 1.807) is 0 Å². The number of hydrogen-bond donors (Lipinski definition) is 0. The minimum atomic E-state index is -2.11. The molecule has 0 aromatic heterocycles. The quantitative estimate of drug-likeness (QED) is 0.563. The fourth-order valence-electron chi connectivity index (χ4n) is 1.14. The zero-order chi connectivity index (χ0) is 7.98. The fraction of sp³-hybridized carbons (Fsp3) is 1.00. The minimum Gasteiger partial charge on any atom is -0.210 e. The monoisotopic (exact) mass is 150 g/mol. The van der Waals surface area contributed by atoms with Gasteiger partial charge >= 0.3 is 0 Å². The summed E-state index contributed by atoms with van der Waals surface area (Å²) in [6.45, 7) is 3.90. The van der Waals surface area contributed by atoms with Gasteiger partial charge in [-0.15, -0.1) is 0 Å². The van der Waals surface area contributed by atoms with Crippen LogP contribution >= 0.6 is 0 Å². The Bertz CT molecular complexity index is 65.7. The van der Waals surface area contributed by atoms with E-state index in [1.165, 1.54) is 0 Å². The maximum Gasteiger partial charge on any atom is 0.241 e. The highest BCUT2D eigenvalue weighted by Gasteiger charge is 2.17. The lowest BCUT2D eigenvalue weighted by Gasteiger charge is -2.12. The molecule has 0 rings (SSSR count). The SMILES string of the molecule is CCCC(CCC)C(F)F. The van der Waals surface area contributed by atoms with Crippen LogP contribution in [0.2, 0.25) is 0 Å². The van der Waals surface area contributed by atoms with Crippen LogP contribution in [-0.2, 0) is 0 Å². The number of hydrogen-bond acceptors (Lipinski definition) is 0. The van der Waals surface area contributed by atoms with Crippen molar-refractivity contribution in [2.75, 3.05) is 0 Å². The van der Waals surface area contributed by atoms with Crippen LogP contribution in [0.15, 0.2) is 0 Å². The van der Waals surface area contributed by atoms with Crippen LogP contribution in [0.25, 0.3) is 0 Å². The molecule has 0 bridgehead atoms. The van der Waals surface area contributed by atoms with Crippen LogP contribution < -0.4 is 0 Å². The summed E-state index contributed by atoms with van der Waals surface area (Å²) >= 11 is 0. The highest BCUT2D eigenvalue weighted by atomic mass is 19.3. The molecule has 0 spiro atoms. The van der Waals surface area contributed by atoms with E-state index >= 15 is 0 Å². The van der Waals surface area contributed by atoms with Crippen molar-refractivity contribution in [1.82, 2.24) is 0 Å². The van der Waals surface area contributed by atoms with E-state index in [-0.39, 0.29) is 5.92 Å². The molecule has 0 saturated carbocycles. The van der Waals surface area contributed by atoms with Crippen molar-refractivity contribution in [3.8, 4) is 0 Å². The second kappa shape index (κ2) is 5.63. The number of rotatable bonds is 5. The third-order valence-corrected chi connectivity index (χ3v) is 1.68. The largest absolute Gasteiger partial charge is 0.241 e. The van der Waals surface area contributed by atoms with Gasteiger partial charge in [-0.2, -0.15) is 0 Å².